The number of nitrogens with one attached hydrogen (secondary N) is 2. The molecular formula is C31H41N3O5. The Kier molecular flexibility index (Phi) is 11.7. The van der Waals surface area contributed by atoms with E-state index in [0.717, 1.165) is 17.5 Å². The summed E-state index contributed by atoms with van der Waals surface area (Å²) in [6.45, 7) is 6.15. The monoisotopic (exact) mass is 535 g/mol. The van der Waals surface area contributed by atoms with Crippen LogP contribution in [0.25, 0.3) is 0 Å². The van der Waals surface area contributed by atoms with Crippen LogP contribution in [0.4, 0.5) is 0 Å². The molecule has 8 nitrogen and oxygen atoms in total. The van der Waals surface area contributed by atoms with Gasteiger partial charge in [-0.25, -0.2) is 0 Å². The van der Waals surface area contributed by atoms with Crippen LogP contribution in [0.15, 0.2) is 60.7 Å². The number of aldehydes is 1. The molecule has 0 aliphatic carbocycles. The summed E-state index contributed by atoms with van der Waals surface area (Å²) >= 11 is 0. The molecule has 2 N–H and O–H groups in total. The van der Waals surface area contributed by atoms with Gasteiger partial charge in [0.05, 0.1) is 18.8 Å². The summed E-state index contributed by atoms with van der Waals surface area (Å²) in [6, 6.07) is 17.5. The summed E-state index contributed by atoms with van der Waals surface area (Å²) in [6.07, 6.45) is 2.87. The van der Waals surface area contributed by atoms with Gasteiger partial charge in [-0.3, -0.25) is 14.4 Å². The van der Waals surface area contributed by atoms with E-state index in [1.54, 1.807) is 0 Å². The number of aryl methyl sites for hydroxylation is 1. The molecule has 0 spiro atoms. The third-order valence-corrected chi connectivity index (χ3v) is 7.07. The third kappa shape index (κ3) is 9.03. The van der Waals surface area contributed by atoms with Gasteiger partial charge in [-0.05, 0) is 36.3 Å². The van der Waals surface area contributed by atoms with Crippen LogP contribution in [0.1, 0.15) is 57.6 Å². The normalized spacial score (nSPS) is 18.4. The molecule has 210 valence electrons. The fourth-order valence-electron chi connectivity index (χ4n) is 4.75. The highest BCUT2D eigenvalue weighted by molar-refractivity contribution is 5.93. The maximum Gasteiger partial charge on any atom is 0.246 e. The summed E-state index contributed by atoms with van der Waals surface area (Å²) in [5.41, 5.74) is 2.16. The van der Waals surface area contributed by atoms with Gasteiger partial charge < -0.3 is 25.1 Å². The molecule has 39 heavy (non-hydrogen) atoms. The van der Waals surface area contributed by atoms with Crippen LogP contribution >= 0.6 is 0 Å². The van der Waals surface area contributed by atoms with Crippen LogP contribution in [0.5, 0.6) is 0 Å². The van der Waals surface area contributed by atoms with Crippen LogP contribution in [0.2, 0.25) is 0 Å². The fourth-order valence-corrected chi connectivity index (χ4v) is 4.75. The van der Waals surface area contributed by atoms with Crippen LogP contribution in [0.3, 0.4) is 0 Å². The maximum absolute atomic E-state index is 13.8. The number of ether oxygens (including phenoxy) is 1. The zero-order valence-corrected chi connectivity index (χ0v) is 23.2. The van der Waals surface area contributed by atoms with Gasteiger partial charge in [0.25, 0.3) is 0 Å². The number of carbonyl (C=O) groups is 4. The lowest BCUT2D eigenvalue weighted by Gasteiger charge is -2.30. The van der Waals surface area contributed by atoms with Gasteiger partial charge in [-0.15, -0.1) is 0 Å². The van der Waals surface area contributed by atoms with E-state index in [-0.39, 0.29) is 36.3 Å². The lowest BCUT2D eigenvalue weighted by Crippen LogP contribution is -2.56. The Labute approximate surface area is 231 Å². The first-order valence-electron chi connectivity index (χ1n) is 13.9. The Balaban J connectivity index is 1.67. The van der Waals surface area contributed by atoms with Crippen LogP contribution in [-0.2, 0) is 36.9 Å². The molecule has 1 aliphatic heterocycles. The molecule has 1 heterocycles. The number of amides is 3. The Bertz CT molecular complexity index is 1080. The highest BCUT2D eigenvalue weighted by Crippen LogP contribution is 2.24. The number of hydrogen-bond donors (Lipinski definition) is 2. The number of rotatable bonds is 14. The summed E-state index contributed by atoms with van der Waals surface area (Å²) in [5.74, 6) is -1.07. The summed E-state index contributed by atoms with van der Waals surface area (Å²) < 4.78 is 6.09. The number of benzene rings is 2. The average Bonchev–Trinajstić information content (AvgIpc) is 3.38. The van der Waals surface area contributed by atoms with E-state index in [1.807, 2.05) is 81.4 Å². The molecule has 8 heteroatoms. The molecule has 2 aromatic carbocycles. The minimum absolute atomic E-state index is 0.179. The van der Waals surface area contributed by atoms with Crippen LogP contribution in [0, 0.1) is 5.92 Å². The van der Waals surface area contributed by atoms with Gasteiger partial charge in [-0.1, -0.05) is 81.4 Å². The first-order valence-corrected chi connectivity index (χ1v) is 13.9. The van der Waals surface area contributed by atoms with Gasteiger partial charge in [0, 0.05) is 19.4 Å². The molecule has 3 amide bonds. The van der Waals surface area contributed by atoms with E-state index in [0.29, 0.717) is 38.6 Å². The second kappa shape index (κ2) is 15.2. The van der Waals surface area contributed by atoms with E-state index in [2.05, 4.69) is 10.6 Å². The molecule has 1 aliphatic rings. The topological polar surface area (TPSA) is 105 Å². The number of hydrogen-bond acceptors (Lipinski definition) is 5. The standard InChI is InChI=1S/C31H41N3O5/c1-4-25(20-35)32-30(37)27-18-26(39-21-24-14-9-6-10-15-24)19-34(27)31(38)29(22(2)3)33-28(36)17-11-16-23-12-7-5-8-13-23/h5-10,12-15,20,22,25-27,29H,4,11,16-19,21H2,1-3H3,(H,32,37)(H,33,36)/t25-,26+,27-,29-/m0/s1. The average molecular weight is 536 g/mol. The largest absolute Gasteiger partial charge is 0.372 e. The molecule has 0 aromatic heterocycles. The highest BCUT2D eigenvalue weighted by Gasteiger charge is 2.43. The van der Waals surface area contributed by atoms with Gasteiger partial charge in [0.1, 0.15) is 18.4 Å². The first kappa shape index (κ1) is 30.0. The Morgan fingerprint density at radius 1 is 1.00 bits per heavy atom. The molecule has 2 aromatic rings. The molecule has 0 saturated carbocycles. The van der Waals surface area contributed by atoms with Gasteiger partial charge in [0.15, 0.2) is 0 Å². The minimum Gasteiger partial charge on any atom is -0.372 e. The molecule has 1 fully saturated rings. The van der Waals surface area contributed by atoms with Gasteiger partial charge >= 0.3 is 0 Å². The number of nitrogens with zero attached hydrogens (tertiary/aromatic N) is 1. The first-order chi connectivity index (χ1) is 18.8. The van der Waals surface area contributed by atoms with Gasteiger partial charge in [-0.2, -0.15) is 0 Å². The van der Waals surface area contributed by atoms with E-state index in [1.165, 1.54) is 4.90 Å². The molecule has 3 rings (SSSR count). The van der Waals surface area contributed by atoms with E-state index < -0.39 is 18.1 Å². The number of likely N-dealkylation sites (tertiary alicyclic amines) is 1. The second-order valence-electron chi connectivity index (χ2n) is 10.4. The van der Waals surface area contributed by atoms with Crippen molar-refractivity contribution in [3.05, 3.63) is 71.8 Å². The SMILES string of the molecule is CC[C@@H](C=O)NC(=O)[C@@H]1C[C@@H](OCc2ccccc2)CN1C(=O)[C@@H](NC(=O)CCCc1ccccc1)C(C)C. The van der Waals surface area contributed by atoms with E-state index in [4.69, 9.17) is 4.74 Å². The fraction of sp³-hybridized carbons (Fsp3) is 0.484. The van der Waals surface area contributed by atoms with E-state index in [9.17, 15) is 19.2 Å². The highest BCUT2D eigenvalue weighted by atomic mass is 16.5. The van der Waals surface area contributed by atoms with Crippen molar-refractivity contribution < 1.29 is 23.9 Å². The van der Waals surface area contributed by atoms with Crippen molar-refractivity contribution in [2.45, 2.75) is 83.7 Å². The molecule has 0 unspecified atom stereocenters. The van der Waals surface area contributed by atoms with Crippen molar-refractivity contribution >= 4 is 24.0 Å². The molecule has 1 saturated heterocycles. The second-order valence-corrected chi connectivity index (χ2v) is 10.4. The van der Waals surface area contributed by atoms with Crippen molar-refractivity contribution in [1.29, 1.82) is 0 Å². The zero-order chi connectivity index (χ0) is 28.2. The Hall–Kier alpha value is -3.52. The van der Waals surface area contributed by atoms with E-state index >= 15 is 0 Å². The van der Waals surface area contributed by atoms with Crippen molar-refractivity contribution in [2.75, 3.05) is 6.54 Å². The lowest BCUT2D eigenvalue weighted by molar-refractivity contribution is -0.143. The summed E-state index contributed by atoms with van der Waals surface area (Å²) in [5, 5.41) is 5.66. The maximum atomic E-state index is 13.8. The minimum atomic E-state index is -0.788. The summed E-state index contributed by atoms with van der Waals surface area (Å²) in [4.78, 5) is 52.6. The van der Waals surface area contributed by atoms with Gasteiger partial charge in [0.2, 0.25) is 17.7 Å². The van der Waals surface area contributed by atoms with Crippen molar-refractivity contribution in [3.8, 4) is 0 Å². The molecular weight excluding hydrogens is 494 g/mol. The molecule has 4 atom stereocenters. The van der Waals surface area contributed by atoms with Crippen LogP contribution in [-0.4, -0.2) is 59.7 Å². The van der Waals surface area contributed by atoms with Crippen molar-refractivity contribution in [3.63, 3.8) is 0 Å². The van der Waals surface area contributed by atoms with Crippen molar-refractivity contribution in [1.82, 2.24) is 15.5 Å². The quantitative estimate of drug-likeness (QED) is 0.361. The summed E-state index contributed by atoms with van der Waals surface area (Å²) in [7, 11) is 0. The Morgan fingerprint density at radius 2 is 1.64 bits per heavy atom. The predicted molar refractivity (Wildman–Crippen MR) is 150 cm³/mol. The predicted octanol–water partition coefficient (Wildman–Crippen LogP) is 3.43. The lowest BCUT2D eigenvalue weighted by atomic mass is 10.0. The smallest absolute Gasteiger partial charge is 0.246 e. The number of carbonyl (C=O) groups excluding carboxylic acids is 4. The zero-order valence-electron chi connectivity index (χ0n) is 23.2. The van der Waals surface area contributed by atoms with Crippen LogP contribution < -0.4 is 10.6 Å². The molecule has 0 bridgehead atoms. The van der Waals surface area contributed by atoms with Crippen molar-refractivity contribution in [2.24, 2.45) is 5.92 Å². The molecule has 0 radical (unpaired) electrons. The third-order valence-electron chi connectivity index (χ3n) is 7.07. The Morgan fingerprint density at radius 3 is 2.23 bits per heavy atom.